The van der Waals surface area contributed by atoms with Gasteiger partial charge in [0.1, 0.15) is 11.2 Å². The van der Waals surface area contributed by atoms with E-state index in [0.29, 0.717) is 12.8 Å². The second-order valence-corrected chi connectivity index (χ2v) is 6.44. The summed E-state index contributed by atoms with van der Waals surface area (Å²) >= 11 is 0. The van der Waals surface area contributed by atoms with E-state index < -0.39 is 15.2 Å². The molecule has 18 heavy (non-hydrogen) atoms. The van der Waals surface area contributed by atoms with Gasteiger partial charge in [-0.05, 0) is 25.0 Å². The number of rotatable bonds is 2. The Morgan fingerprint density at radius 2 is 2.11 bits per heavy atom. The third-order valence-electron chi connectivity index (χ3n) is 3.00. The molecule has 1 aliphatic heterocycles. The van der Waals surface area contributed by atoms with E-state index in [4.69, 9.17) is 0 Å². The molecule has 1 aromatic heterocycles. The van der Waals surface area contributed by atoms with Gasteiger partial charge in [0, 0.05) is 12.6 Å². The van der Waals surface area contributed by atoms with Crippen molar-refractivity contribution in [3.05, 3.63) is 24.4 Å². The average Bonchev–Trinajstić information content (AvgIpc) is 2.35. The van der Waals surface area contributed by atoms with E-state index in [-0.39, 0.29) is 17.4 Å². The molecule has 1 N–H and O–H groups in total. The summed E-state index contributed by atoms with van der Waals surface area (Å²) in [6.45, 7) is 0.122. The van der Waals surface area contributed by atoms with Crippen molar-refractivity contribution in [3.63, 3.8) is 0 Å². The molecule has 1 unspecified atom stereocenters. The van der Waals surface area contributed by atoms with Gasteiger partial charge >= 0.3 is 0 Å². The highest BCUT2D eigenvalue weighted by Gasteiger charge is 2.29. The number of nitrogens with zero attached hydrogens (tertiary/aromatic N) is 1. The third kappa shape index (κ3) is 2.94. The molecule has 0 saturated carbocycles. The summed E-state index contributed by atoms with van der Waals surface area (Å²) in [7, 11) is -3.50. The van der Waals surface area contributed by atoms with Crippen molar-refractivity contribution in [3.8, 4) is 0 Å². The van der Waals surface area contributed by atoms with Gasteiger partial charge in [-0.15, -0.1) is 0 Å². The molecule has 2 heterocycles. The second kappa shape index (κ2) is 5.58. The molecule has 5 nitrogen and oxygen atoms in total. The molecule has 1 aliphatic rings. The Balaban J connectivity index is 2.21. The second-order valence-electron chi connectivity index (χ2n) is 4.37. The van der Waals surface area contributed by atoms with Gasteiger partial charge in [0.2, 0.25) is 9.84 Å². The number of aromatic nitrogens is 1. The predicted octanol–water partition coefficient (Wildman–Crippen LogP) is 0.914. The zero-order chi connectivity index (χ0) is 13.0. The van der Waals surface area contributed by atoms with E-state index in [1.165, 1.54) is 12.3 Å². The number of pyridine rings is 1. The fraction of sp³-hybridized carbons (Fsp3) is 0.500. The Bertz CT molecular complexity index is 513. The predicted molar refractivity (Wildman–Crippen MR) is 66.7 cm³/mol. The molecule has 1 aromatic rings. The third-order valence-corrected chi connectivity index (χ3v) is 4.98. The van der Waals surface area contributed by atoms with Crippen LogP contribution in [-0.2, 0) is 14.6 Å². The Kier molecular flexibility index (Phi) is 4.08. The van der Waals surface area contributed by atoms with E-state index in [1.807, 2.05) is 0 Å². The van der Waals surface area contributed by atoms with Gasteiger partial charge in [-0.25, -0.2) is 13.4 Å². The van der Waals surface area contributed by atoms with Gasteiger partial charge in [-0.2, -0.15) is 0 Å². The molecule has 0 aliphatic carbocycles. The van der Waals surface area contributed by atoms with Crippen LogP contribution in [0.5, 0.6) is 0 Å². The van der Waals surface area contributed by atoms with Gasteiger partial charge in [0.25, 0.3) is 0 Å². The van der Waals surface area contributed by atoms with Crippen molar-refractivity contribution < 1.29 is 13.2 Å². The van der Waals surface area contributed by atoms with E-state index >= 15 is 0 Å². The average molecular weight is 268 g/mol. The number of Topliss-reactive ketones (excluding diaryl/α,β-unsaturated/α-hetero) is 1. The van der Waals surface area contributed by atoms with Crippen LogP contribution < -0.4 is 5.32 Å². The highest BCUT2D eigenvalue weighted by atomic mass is 32.2. The van der Waals surface area contributed by atoms with Crippen LogP contribution in [0.15, 0.2) is 29.4 Å². The Labute approximate surface area is 107 Å². The Hall–Kier alpha value is -1.27. The lowest BCUT2D eigenvalue weighted by molar-refractivity contribution is -0.118. The van der Waals surface area contributed by atoms with Crippen LogP contribution in [0.1, 0.15) is 25.7 Å². The monoisotopic (exact) mass is 268 g/mol. The van der Waals surface area contributed by atoms with E-state index in [0.717, 1.165) is 12.8 Å². The molecule has 1 atom stereocenters. The molecule has 0 bridgehead atoms. The summed E-state index contributed by atoms with van der Waals surface area (Å²) in [5.41, 5.74) is 0. The number of sulfone groups is 1. The fourth-order valence-electron chi connectivity index (χ4n) is 2.00. The molecule has 0 spiro atoms. The minimum absolute atomic E-state index is 0.0653. The van der Waals surface area contributed by atoms with Crippen LogP contribution >= 0.6 is 0 Å². The number of carbonyl (C=O) groups excluding carboxylic acids is 1. The fourth-order valence-corrected chi connectivity index (χ4v) is 3.54. The number of ketones is 1. The zero-order valence-corrected chi connectivity index (χ0v) is 10.8. The maximum Gasteiger partial charge on any atom is 0.211 e. The van der Waals surface area contributed by atoms with E-state index in [9.17, 15) is 13.2 Å². The van der Waals surface area contributed by atoms with E-state index in [2.05, 4.69) is 10.3 Å². The van der Waals surface area contributed by atoms with Crippen LogP contribution in [0.2, 0.25) is 0 Å². The van der Waals surface area contributed by atoms with Crippen LogP contribution in [0.3, 0.4) is 0 Å². The quantitative estimate of drug-likeness (QED) is 0.863. The van der Waals surface area contributed by atoms with Crippen molar-refractivity contribution in [2.75, 3.05) is 6.54 Å². The smallest absolute Gasteiger partial charge is 0.211 e. The van der Waals surface area contributed by atoms with Crippen LogP contribution in [0.4, 0.5) is 0 Å². The van der Waals surface area contributed by atoms with E-state index in [1.54, 1.807) is 12.1 Å². The lowest BCUT2D eigenvalue weighted by Gasteiger charge is -2.20. The van der Waals surface area contributed by atoms with Crippen LogP contribution in [0.25, 0.3) is 0 Å². The number of nitrogens with one attached hydrogen (secondary N) is 1. The van der Waals surface area contributed by atoms with Crippen molar-refractivity contribution in [1.29, 1.82) is 0 Å². The summed E-state index contributed by atoms with van der Waals surface area (Å²) in [5, 5.41) is 2.19. The lowest BCUT2D eigenvalue weighted by Crippen LogP contribution is -2.41. The van der Waals surface area contributed by atoms with Gasteiger partial charge in [0.15, 0.2) is 5.03 Å². The molecule has 0 aromatic carbocycles. The van der Waals surface area contributed by atoms with Crippen molar-refractivity contribution >= 4 is 15.6 Å². The van der Waals surface area contributed by atoms with Crippen molar-refractivity contribution in [2.45, 2.75) is 36.1 Å². The molecule has 0 amide bonds. The minimum atomic E-state index is -3.50. The summed E-state index contributed by atoms with van der Waals surface area (Å²) in [5.74, 6) is 0.0657. The minimum Gasteiger partial charge on any atom is -0.298 e. The summed E-state index contributed by atoms with van der Waals surface area (Å²) in [6, 6.07) is 4.81. The number of carbonyl (C=O) groups is 1. The topological polar surface area (TPSA) is 76.1 Å². The molecular weight excluding hydrogens is 252 g/mol. The molecule has 1 saturated heterocycles. The maximum absolute atomic E-state index is 12.3. The van der Waals surface area contributed by atoms with Crippen molar-refractivity contribution in [2.24, 2.45) is 0 Å². The molecule has 0 radical (unpaired) electrons. The largest absolute Gasteiger partial charge is 0.298 e. The maximum atomic E-state index is 12.3. The normalized spacial score (nSPS) is 22.2. The first-order valence-corrected chi connectivity index (χ1v) is 7.55. The number of hydrogen-bond donors (Lipinski definition) is 1. The van der Waals surface area contributed by atoms with Gasteiger partial charge < -0.3 is 0 Å². The lowest BCUT2D eigenvalue weighted by atomic mass is 10.1. The zero-order valence-electron chi connectivity index (χ0n) is 10.0. The molecule has 6 heteroatoms. The molecular formula is C12H16N2O3S. The molecule has 98 valence electrons. The highest BCUT2D eigenvalue weighted by Crippen LogP contribution is 2.18. The molecule has 1 fully saturated rings. The van der Waals surface area contributed by atoms with Crippen LogP contribution in [0, 0.1) is 0 Å². The highest BCUT2D eigenvalue weighted by molar-refractivity contribution is 7.91. The first kappa shape index (κ1) is 13.2. The van der Waals surface area contributed by atoms with Crippen LogP contribution in [-0.4, -0.2) is 31.1 Å². The van der Waals surface area contributed by atoms with Crippen molar-refractivity contribution in [1.82, 2.24) is 10.3 Å². The standard InChI is InChI=1S/C12H16N2O3S/c15-10-5-1-2-6-12(14-9-10)18(16,17)11-7-3-4-8-13-11/h3-4,7-8,12,14H,1-2,5-6,9H2. The first-order chi connectivity index (χ1) is 8.60. The Morgan fingerprint density at radius 3 is 2.83 bits per heavy atom. The SMILES string of the molecule is O=C1CCCCC(S(=O)(=O)c2ccccn2)NC1. The summed E-state index contributed by atoms with van der Waals surface area (Å²) < 4.78 is 24.6. The summed E-state index contributed by atoms with van der Waals surface area (Å²) in [4.78, 5) is 15.3. The number of hydrogen-bond acceptors (Lipinski definition) is 5. The van der Waals surface area contributed by atoms with Gasteiger partial charge in [0.05, 0.1) is 6.54 Å². The molecule has 2 rings (SSSR count). The summed E-state index contributed by atoms with van der Waals surface area (Å²) in [6.07, 6.45) is 4.00. The van der Waals surface area contributed by atoms with Gasteiger partial charge in [-0.1, -0.05) is 12.5 Å². The van der Waals surface area contributed by atoms with Gasteiger partial charge in [-0.3, -0.25) is 10.1 Å². The first-order valence-electron chi connectivity index (χ1n) is 6.01. The Morgan fingerprint density at radius 1 is 1.28 bits per heavy atom.